The Labute approximate surface area is 181 Å². The summed E-state index contributed by atoms with van der Waals surface area (Å²) in [7, 11) is 1.97. The molecule has 0 saturated carbocycles. The second kappa shape index (κ2) is 9.13. The molecule has 1 fully saturated rings. The molecule has 2 heterocycles. The summed E-state index contributed by atoms with van der Waals surface area (Å²) in [6.07, 6.45) is 1.97. The number of aromatic nitrogens is 2. The van der Waals surface area contributed by atoms with Gasteiger partial charge in [0.05, 0.1) is 29.5 Å². The second-order valence-electron chi connectivity index (χ2n) is 7.71. The molecule has 31 heavy (non-hydrogen) atoms. The van der Waals surface area contributed by atoms with E-state index >= 15 is 0 Å². The average Bonchev–Trinajstić information content (AvgIpc) is 2.84. The van der Waals surface area contributed by atoms with Gasteiger partial charge in [0.15, 0.2) is 0 Å². The van der Waals surface area contributed by atoms with Gasteiger partial charge in [-0.15, -0.1) is 0 Å². The third-order valence-corrected chi connectivity index (χ3v) is 5.82. The van der Waals surface area contributed by atoms with E-state index in [4.69, 9.17) is 10.2 Å². The quantitative estimate of drug-likeness (QED) is 0.592. The molecule has 2 aromatic carbocycles. The predicted molar refractivity (Wildman–Crippen MR) is 121 cm³/mol. The first-order valence-electron chi connectivity index (χ1n) is 10.4. The number of nitrogens with zero attached hydrogens (tertiary/aromatic N) is 3. The van der Waals surface area contributed by atoms with Crippen molar-refractivity contribution in [1.29, 1.82) is 5.26 Å². The van der Waals surface area contributed by atoms with Crippen LogP contribution in [0.3, 0.4) is 0 Å². The summed E-state index contributed by atoms with van der Waals surface area (Å²) in [5.41, 5.74) is 3.67. The Kier molecular flexibility index (Phi) is 6.12. The Morgan fingerprint density at radius 1 is 1.13 bits per heavy atom. The largest absolute Gasteiger partial charge is 0.392 e. The first kappa shape index (κ1) is 20.8. The monoisotopic (exact) mass is 415 g/mol. The molecule has 7 nitrogen and oxygen atoms in total. The molecule has 1 aliphatic heterocycles. The minimum Gasteiger partial charge on any atom is -0.392 e. The van der Waals surface area contributed by atoms with Gasteiger partial charge >= 0.3 is 0 Å². The van der Waals surface area contributed by atoms with Gasteiger partial charge in [0.2, 0.25) is 5.95 Å². The molecule has 0 amide bonds. The molecule has 4 rings (SSSR count). The fourth-order valence-corrected chi connectivity index (χ4v) is 3.95. The van der Waals surface area contributed by atoms with E-state index in [9.17, 15) is 9.90 Å². The summed E-state index contributed by atoms with van der Waals surface area (Å²) in [6.45, 7) is 1.57. The topological polar surface area (TPSA) is 105 Å². The molecule has 0 aliphatic carbocycles. The number of H-pyrrole nitrogens is 1. The minimum atomic E-state index is -0.211. The standard InChI is InChI=1S/C24H25N5O2/c1-26-20-10-12-29(13-11-20)24-27-22(19-8-2-16(14-25)3-9-19)21(23(31)28-24)18-6-4-17(15-30)5-7-18/h2-9,20,26,30H,10-13,15H2,1H3,(H,27,28,31). The third-order valence-electron chi connectivity index (χ3n) is 5.82. The highest BCUT2D eigenvalue weighted by molar-refractivity contribution is 5.81. The zero-order valence-electron chi connectivity index (χ0n) is 17.4. The van der Waals surface area contributed by atoms with E-state index < -0.39 is 0 Å². The number of piperidine rings is 1. The lowest BCUT2D eigenvalue weighted by Gasteiger charge is -2.32. The van der Waals surface area contributed by atoms with Crippen LogP contribution >= 0.6 is 0 Å². The molecule has 0 unspecified atom stereocenters. The number of hydrogen-bond acceptors (Lipinski definition) is 6. The van der Waals surface area contributed by atoms with Crippen molar-refractivity contribution in [3.8, 4) is 28.5 Å². The van der Waals surface area contributed by atoms with Crippen LogP contribution in [0.1, 0.15) is 24.0 Å². The minimum absolute atomic E-state index is 0.0567. The molecular weight excluding hydrogens is 390 g/mol. The predicted octanol–water partition coefficient (Wildman–Crippen LogP) is 2.66. The van der Waals surface area contributed by atoms with Gasteiger partial charge in [-0.2, -0.15) is 5.26 Å². The number of aliphatic hydroxyl groups excluding tert-OH is 1. The zero-order chi connectivity index (χ0) is 21.8. The second-order valence-corrected chi connectivity index (χ2v) is 7.71. The average molecular weight is 415 g/mol. The maximum atomic E-state index is 13.2. The number of aliphatic hydroxyl groups is 1. The van der Waals surface area contributed by atoms with E-state index in [1.54, 1.807) is 24.3 Å². The van der Waals surface area contributed by atoms with Crippen LogP contribution in [0.4, 0.5) is 5.95 Å². The maximum absolute atomic E-state index is 13.2. The first-order valence-corrected chi connectivity index (χ1v) is 10.4. The molecule has 1 saturated heterocycles. The molecule has 3 N–H and O–H groups in total. The lowest BCUT2D eigenvalue weighted by Crippen LogP contribution is -2.42. The Bertz CT molecular complexity index is 1140. The smallest absolute Gasteiger partial charge is 0.260 e. The van der Waals surface area contributed by atoms with Crippen LogP contribution in [0.5, 0.6) is 0 Å². The highest BCUT2D eigenvalue weighted by Crippen LogP contribution is 2.30. The molecule has 0 radical (unpaired) electrons. The summed E-state index contributed by atoms with van der Waals surface area (Å²) in [5, 5.41) is 21.8. The van der Waals surface area contributed by atoms with E-state index in [0.29, 0.717) is 28.8 Å². The van der Waals surface area contributed by atoms with Crippen molar-refractivity contribution in [1.82, 2.24) is 15.3 Å². The molecule has 1 aromatic heterocycles. The lowest BCUT2D eigenvalue weighted by atomic mass is 9.99. The number of nitrogens with one attached hydrogen (secondary N) is 2. The van der Waals surface area contributed by atoms with Crippen LogP contribution in [0, 0.1) is 11.3 Å². The Morgan fingerprint density at radius 2 is 1.77 bits per heavy atom. The molecule has 0 bridgehead atoms. The Morgan fingerprint density at radius 3 is 2.35 bits per heavy atom. The van der Waals surface area contributed by atoms with Crippen molar-refractivity contribution in [2.24, 2.45) is 0 Å². The normalized spacial score (nSPS) is 14.4. The molecule has 0 atom stereocenters. The van der Waals surface area contributed by atoms with Crippen molar-refractivity contribution < 1.29 is 5.11 Å². The molecule has 0 spiro atoms. The van der Waals surface area contributed by atoms with E-state index in [0.717, 1.165) is 42.6 Å². The van der Waals surface area contributed by atoms with E-state index in [1.165, 1.54) is 0 Å². The van der Waals surface area contributed by atoms with Crippen molar-refractivity contribution in [2.75, 3.05) is 25.0 Å². The number of anilines is 1. The highest BCUT2D eigenvalue weighted by atomic mass is 16.3. The van der Waals surface area contributed by atoms with Crippen LogP contribution in [0.2, 0.25) is 0 Å². The molecular formula is C24H25N5O2. The van der Waals surface area contributed by atoms with Gasteiger partial charge in [0.1, 0.15) is 0 Å². The lowest BCUT2D eigenvalue weighted by molar-refractivity contribution is 0.282. The van der Waals surface area contributed by atoms with Gasteiger partial charge in [-0.25, -0.2) is 4.98 Å². The molecule has 1 aliphatic rings. The molecule has 3 aromatic rings. The van der Waals surface area contributed by atoms with E-state index in [-0.39, 0.29) is 12.2 Å². The van der Waals surface area contributed by atoms with Gasteiger partial charge in [0.25, 0.3) is 5.56 Å². The molecule has 7 heteroatoms. The van der Waals surface area contributed by atoms with Crippen LogP contribution in [0.15, 0.2) is 53.3 Å². The van der Waals surface area contributed by atoms with E-state index in [1.807, 2.05) is 31.3 Å². The van der Waals surface area contributed by atoms with Crippen LogP contribution in [0.25, 0.3) is 22.4 Å². The van der Waals surface area contributed by atoms with E-state index in [2.05, 4.69) is 21.3 Å². The van der Waals surface area contributed by atoms with Gasteiger partial charge in [0, 0.05) is 24.7 Å². The summed E-state index contributed by atoms with van der Waals surface area (Å²) < 4.78 is 0. The number of nitriles is 1. The number of benzene rings is 2. The Balaban J connectivity index is 1.81. The van der Waals surface area contributed by atoms with Gasteiger partial charge < -0.3 is 15.3 Å². The SMILES string of the molecule is CNC1CCN(c2nc(-c3ccc(C#N)cc3)c(-c3ccc(CO)cc3)c(=O)[nH]2)CC1. The molecule has 158 valence electrons. The van der Waals surface area contributed by atoms with Crippen molar-refractivity contribution >= 4 is 5.95 Å². The van der Waals surface area contributed by atoms with Crippen LogP contribution in [-0.2, 0) is 6.61 Å². The van der Waals surface area contributed by atoms with Crippen molar-refractivity contribution in [3.63, 3.8) is 0 Å². The summed E-state index contributed by atoms with van der Waals surface area (Å²) >= 11 is 0. The van der Waals surface area contributed by atoms with Crippen LogP contribution < -0.4 is 15.8 Å². The van der Waals surface area contributed by atoms with Crippen LogP contribution in [-0.4, -0.2) is 41.3 Å². The highest BCUT2D eigenvalue weighted by Gasteiger charge is 2.22. The van der Waals surface area contributed by atoms with Gasteiger partial charge in [-0.05, 0) is 43.1 Å². The third kappa shape index (κ3) is 4.36. The van der Waals surface area contributed by atoms with Gasteiger partial charge in [-0.1, -0.05) is 36.4 Å². The summed E-state index contributed by atoms with van der Waals surface area (Å²) in [6, 6.07) is 17.0. The zero-order valence-corrected chi connectivity index (χ0v) is 17.4. The fraction of sp³-hybridized carbons (Fsp3) is 0.292. The van der Waals surface area contributed by atoms with Crippen molar-refractivity contribution in [2.45, 2.75) is 25.5 Å². The number of aromatic amines is 1. The van der Waals surface area contributed by atoms with Crippen molar-refractivity contribution in [3.05, 3.63) is 70.0 Å². The summed E-state index contributed by atoms with van der Waals surface area (Å²) in [5.74, 6) is 0.564. The van der Waals surface area contributed by atoms with Gasteiger partial charge in [-0.3, -0.25) is 9.78 Å². The maximum Gasteiger partial charge on any atom is 0.260 e. The number of hydrogen-bond donors (Lipinski definition) is 3. The Hall–Kier alpha value is -3.47. The first-order chi connectivity index (χ1) is 15.1. The summed E-state index contributed by atoms with van der Waals surface area (Å²) in [4.78, 5) is 23.2. The number of rotatable bonds is 5. The fourth-order valence-electron chi connectivity index (χ4n) is 3.95.